The van der Waals surface area contributed by atoms with Crippen molar-refractivity contribution in [3.63, 3.8) is 0 Å². The van der Waals surface area contributed by atoms with Crippen molar-refractivity contribution in [1.29, 1.82) is 0 Å². The predicted octanol–water partition coefficient (Wildman–Crippen LogP) is 3.39. The van der Waals surface area contributed by atoms with Crippen molar-refractivity contribution in [2.45, 2.75) is 32.3 Å². The van der Waals surface area contributed by atoms with Crippen molar-refractivity contribution in [2.24, 2.45) is 0 Å². The standard InChI is InChI=1S/C22H25NO5/c1-3-4-11-27-18-8-5-15(6-9-18)21(24)23-14-19-13-17-12-16(22(25)26-2)7-10-20(17)28-19/h5-10,12,19H,3-4,11,13-14H2,1-2H3,(H,23,24)/t19-/m0/s1. The molecule has 148 valence electrons. The lowest BCUT2D eigenvalue weighted by atomic mass is 10.1. The zero-order chi connectivity index (χ0) is 19.9. The summed E-state index contributed by atoms with van der Waals surface area (Å²) in [6.07, 6.45) is 2.55. The maximum Gasteiger partial charge on any atom is 0.337 e. The Balaban J connectivity index is 1.50. The third-order valence-corrected chi connectivity index (χ3v) is 4.60. The van der Waals surface area contributed by atoms with Gasteiger partial charge in [0, 0.05) is 12.0 Å². The zero-order valence-corrected chi connectivity index (χ0v) is 16.2. The molecule has 0 aliphatic carbocycles. The maximum absolute atomic E-state index is 12.4. The number of hydrogen-bond donors (Lipinski definition) is 1. The Hall–Kier alpha value is -3.02. The maximum atomic E-state index is 12.4. The molecule has 1 N–H and O–H groups in total. The van der Waals surface area contributed by atoms with Crippen LogP contribution in [0.1, 0.15) is 46.0 Å². The lowest BCUT2D eigenvalue weighted by molar-refractivity contribution is 0.0600. The number of ether oxygens (including phenoxy) is 3. The van der Waals surface area contributed by atoms with E-state index in [9.17, 15) is 9.59 Å². The van der Waals surface area contributed by atoms with Gasteiger partial charge in [0.05, 0.1) is 25.8 Å². The highest BCUT2D eigenvalue weighted by atomic mass is 16.5. The second kappa shape index (κ2) is 9.26. The lowest BCUT2D eigenvalue weighted by Gasteiger charge is -2.12. The summed E-state index contributed by atoms with van der Waals surface area (Å²) < 4.78 is 16.2. The third-order valence-electron chi connectivity index (χ3n) is 4.60. The first-order chi connectivity index (χ1) is 13.6. The fourth-order valence-electron chi connectivity index (χ4n) is 3.02. The van der Waals surface area contributed by atoms with Gasteiger partial charge < -0.3 is 19.5 Å². The molecule has 1 aliphatic rings. The van der Waals surface area contributed by atoms with Crippen molar-refractivity contribution in [3.8, 4) is 11.5 Å². The molecule has 1 heterocycles. The molecule has 0 radical (unpaired) electrons. The highest BCUT2D eigenvalue weighted by Gasteiger charge is 2.24. The predicted molar refractivity (Wildman–Crippen MR) is 105 cm³/mol. The number of benzene rings is 2. The van der Waals surface area contributed by atoms with E-state index < -0.39 is 0 Å². The number of carbonyl (C=O) groups is 2. The number of rotatable bonds is 8. The SMILES string of the molecule is CCCCOc1ccc(C(=O)NC[C@@H]2Cc3cc(C(=O)OC)ccc3O2)cc1. The Labute approximate surface area is 164 Å². The summed E-state index contributed by atoms with van der Waals surface area (Å²) in [5.41, 5.74) is 2.01. The molecule has 0 bridgehead atoms. The number of amides is 1. The Morgan fingerprint density at radius 3 is 2.61 bits per heavy atom. The van der Waals surface area contributed by atoms with E-state index in [0.717, 1.165) is 29.9 Å². The molecule has 2 aromatic rings. The molecule has 0 saturated heterocycles. The van der Waals surface area contributed by atoms with E-state index in [-0.39, 0.29) is 18.0 Å². The molecule has 0 saturated carbocycles. The molecule has 6 nitrogen and oxygen atoms in total. The van der Waals surface area contributed by atoms with E-state index >= 15 is 0 Å². The van der Waals surface area contributed by atoms with Crippen LogP contribution >= 0.6 is 0 Å². The molecule has 28 heavy (non-hydrogen) atoms. The van der Waals surface area contributed by atoms with Crippen LogP contribution in [0.2, 0.25) is 0 Å². The van der Waals surface area contributed by atoms with E-state index in [2.05, 4.69) is 12.2 Å². The number of esters is 1. The van der Waals surface area contributed by atoms with Crippen LogP contribution < -0.4 is 14.8 Å². The Morgan fingerprint density at radius 1 is 1.14 bits per heavy atom. The number of fused-ring (bicyclic) bond motifs is 1. The number of carbonyl (C=O) groups excluding carboxylic acids is 2. The molecule has 3 rings (SSSR count). The number of hydrogen-bond acceptors (Lipinski definition) is 5. The monoisotopic (exact) mass is 383 g/mol. The van der Waals surface area contributed by atoms with Crippen LogP contribution in [0.25, 0.3) is 0 Å². The smallest absolute Gasteiger partial charge is 0.337 e. The molecule has 1 atom stereocenters. The normalized spacial score (nSPS) is 14.7. The van der Waals surface area contributed by atoms with E-state index in [1.807, 2.05) is 0 Å². The van der Waals surface area contributed by atoms with Gasteiger partial charge in [-0.1, -0.05) is 13.3 Å². The van der Waals surface area contributed by atoms with Crippen molar-refractivity contribution in [3.05, 3.63) is 59.2 Å². The summed E-state index contributed by atoms with van der Waals surface area (Å²) in [4.78, 5) is 24.0. The second-order valence-electron chi connectivity index (χ2n) is 6.69. The molecule has 2 aromatic carbocycles. The van der Waals surface area contributed by atoms with Gasteiger partial charge in [0.15, 0.2) is 0 Å². The molecule has 0 fully saturated rings. The van der Waals surface area contributed by atoms with Crippen molar-refractivity contribution in [1.82, 2.24) is 5.32 Å². The number of unbranched alkanes of at least 4 members (excludes halogenated alkanes) is 1. The molecule has 6 heteroatoms. The molecule has 1 aliphatic heterocycles. The van der Waals surface area contributed by atoms with Crippen LogP contribution in [0, 0.1) is 0 Å². The van der Waals surface area contributed by atoms with Crippen LogP contribution in [0.15, 0.2) is 42.5 Å². The quantitative estimate of drug-likeness (QED) is 0.559. The number of nitrogens with one attached hydrogen (secondary N) is 1. The van der Waals surface area contributed by atoms with Gasteiger partial charge in [-0.2, -0.15) is 0 Å². The first-order valence-corrected chi connectivity index (χ1v) is 9.49. The molecular formula is C22H25NO5. The first-order valence-electron chi connectivity index (χ1n) is 9.49. The Morgan fingerprint density at radius 2 is 1.89 bits per heavy atom. The van der Waals surface area contributed by atoms with Gasteiger partial charge in [-0.25, -0.2) is 4.79 Å². The Bertz CT molecular complexity index is 831. The first kappa shape index (κ1) is 19.7. The third kappa shape index (κ3) is 4.82. The second-order valence-corrected chi connectivity index (χ2v) is 6.69. The summed E-state index contributed by atoms with van der Waals surface area (Å²) in [5.74, 6) is 0.970. The van der Waals surface area contributed by atoms with Crippen LogP contribution in [0.5, 0.6) is 11.5 Å². The topological polar surface area (TPSA) is 73.9 Å². The van der Waals surface area contributed by atoms with Crippen LogP contribution in [0.3, 0.4) is 0 Å². The van der Waals surface area contributed by atoms with Gasteiger partial charge in [0.1, 0.15) is 17.6 Å². The zero-order valence-electron chi connectivity index (χ0n) is 16.2. The van der Waals surface area contributed by atoms with E-state index in [4.69, 9.17) is 14.2 Å². The largest absolute Gasteiger partial charge is 0.494 e. The molecule has 1 amide bonds. The van der Waals surface area contributed by atoms with Crippen LogP contribution in [0.4, 0.5) is 0 Å². The van der Waals surface area contributed by atoms with E-state index in [1.54, 1.807) is 42.5 Å². The van der Waals surface area contributed by atoms with Gasteiger partial charge in [-0.3, -0.25) is 4.79 Å². The van der Waals surface area contributed by atoms with E-state index in [1.165, 1.54) is 7.11 Å². The number of methoxy groups -OCH3 is 1. The Kier molecular flexibility index (Phi) is 6.53. The van der Waals surface area contributed by atoms with Gasteiger partial charge in [-0.05, 0) is 54.4 Å². The van der Waals surface area contributed by atoms with Crippen LogP contribution in [-0.2, 0) is 11.2 Å². The van der Waals surface area contributed by atoms with E-state index in [0.29, 0.717) is 30.7 Å². The van der Waals surface area contributed by atoms with Gasteiger partial charge in [-0.15, -0.1) is 0 Å². The van der Waals surface area contributed by atoms with Crippen molar-refractivity contribution in [2.75, 3.05) is 20.3 Å². The highest BCUT2D eigenvalue weighted by Crippen LogP contribution is 2.29. The summed E-state index contributed by atoms with van der Waals surface area (Å²) in [6, 6.07) is 12.3. The van der Waals surface area contributed by atoms with Crippen LogP contribution in [-0.4, -0.2) is 38.2 Å². The summed E-state index contributed by atoms with van der Waals surface area (Å²) in [5, 5.41) is 2.90. The average Bonchev–Trinajstić information content (AvgIpc) is 3.14. The average molecular weight is 383 g/mol. The van der Waals surface area contributed by atoms with Gasteiger partial charge in [0.25, 0.3) is 5.91 Å². The fraction of sp³-hybridized carbons (Fsp3) is 0.364. The minimum atomic E-state index is -0.373. The highest BCUT2D eigenvalue weighted by molar-refractivity contribution is 5.94. The molecular weight excluding hydrogens is 358 g/mol. The molecule has 0 unspecified atom stereocenters. The van der Waals surface area contributed by atoms with Crippen molar-refractivity contribution >= 4 is 11.9 Å². The lowest BCUT2D eigenvalue weighted by Crippen LogP contribution is -2.34. The minimum absolute atomic E-state index is 0.157. The van der Waals surface area contributed by atoms with Gasteiger partial charge in [0.2, 0.25) is 0 Å². The van der Waals surface area contributed by atoms with Crippen molar-refractivity contribution < 1.29 is 23.8 Å². The van der Waals surface area contributed by atoms with Gasteiger partial charge >= 0.3 is 5.97 Å². The minimum Gasteiger partial charge on any atom is -0.494 e. The molecule has 0 spiro atoms. The fourth-order valence-corrected chi connectivity index (χ4v) is 3.02. The molecule has 0 aromatic heterocycles. The summed E-state index contributed by atoms with van der Waals surface area (Å²) >= 11 is 0. The summed E-state index contributed by atoms with van der Waals surface area (Å²) in [6.45, 7) is 3.18. The summed E-state index contributed by atoms with van der Waals surface area (Å²) in [7, 11) is 1.36.